The number of aryl methyl sites for hydroxylation is 1. The summed E-state index contributed by atoms with van der Waals surface area (Å²) in [5.74, 6) is 0.427. The smallest absolute Gasteiger partial charge is 0.185 e. The Morgan fingerprint density at radius 2 is 2.07 bits per heavy atom. The molecule has 5 nitrogen and oxygen atoms in total. The third-order valence-corrected chi connectivity index (χ3v) is 7.25. The summed E-state index contributed by atoms with van der Waals surface area (Å²) < 4.78 is 31.2. The summed E-state index contributed by atoms with van der Waals surface area (Å²) in [4.78, 5) is 6.36. The Bertz CT molecular complexity index is 1080. The number of sulfone groups is 1. The van der Waals surface area contributed by atoms with Crippen molar-refractivity contribution in [1.82, 2.24) is 4.98 Å². The van der Waals surface area contributed by atoms with Crippen LogP contribution in [-0.2, 0) is 15.6 Å². The van der Waals surface area contributed by atoms with Gasteiger partial charge in [0.15, 0.2) is 9.84 Å². The van der Waals surface area contributed by atoms with Crippen molar-refractivity contribution in [3.8, 4) is 5.75 Å². The molecule has 1 aliphatic heterocycles. The molecule has 140 valence electrons. The summed E-state index contributed by atoms with van der Waals surface area (Å²) in [6, 6.07) is 10.8. The highest BCUT2D eigenvalue weighted by Gasteiger charge is 2.25. The van der Waals surface area contributed by atoms with Crippen LogP contribution in [0.2, 0.25) is 5.02 Å². The number of aromatic nitrogens is 1. The third-order valence-electron chi connectivity index (χ3n) is 4.34. The van der Waals surface area contributed by atoms with Gasteiger partial charge >= 0.3 is 0 Å². The third kappa shape index (κ3) is 3.67. The van der Waals surface area contributed by atoms with E-state index in [2.05, 4.69) is 9.88 Å². The molecule has 0 saturated heterocycles. The molecular formula is C19H17ClN2O3S2. The van der Waals surface area contributed by atoms with Gasteiger partial charge in [0.25, 0.3) is 0 Å². The van der Waals surface area contributed by atoms with Gasteiger partial charge in [-0.15, -0.1) is 11.3 Å². The van der Waals surface area contributed by atoms with Gasteiger partial charge in [-0.25, -0.2) is 13.4 Å². The molecule has 0 saturated carbocycles. The van der Waals surface area contributed by atoms with Crippen LogP contribution in [0.5, 0.6) is 5.75 Å². The number of halogens is 1. The van der Waals surface area contributed by atoms with E-state index >= 15 is 0 Å². The molecule has 0 amide bonds. The highest BCUT2D eigenvalue weighted by Crippen LogP contribution is 2.41. The number of hydrogen-bond donors (Lipinski definition) is 0. The zero-order chi connectivity index (χ0) is 19.0. The molecule has 0 unspecified atom stereocenters. The van der Waals surface area contributed by atoms with Crippen LogP contribution in [-0.4, -0.2) is 26.6 Å². The molecule has 1 aromatic heterocycles. The number of fused-ring (bicyclic) bond motifs is 1. The van der Waals surface area contributed by atoms with Gasteiger partial charge < -0.3 is 9.64 Å². The van der Waals surface area contributed by atoms with Crippen molar-refractivity contribution in [3.05, 3.63) is 63.6 Å². The zero-order valence-corrected chi connectivity index (χ0v) is 16.9. The lowest BCUT2D eigenvalue weighted by Crippen LogP contribution is -2.29. The largest absolute Gasteiger partial charge is 0.489 e. The van der Waals surface area contributed by atoms with Gasteiger partial charge in [0.1, 0.15) is 23.1 Å². The Morgan fingerprint density at radius 3 is 2.85 bits per heavy atom. The van der Waals surface area contributed by atoms with Crippen LogP contribution in [0.3, 0.4) is 0 Å². The van der Waals surface area contributed by atoms with Crippen LogP contribution in [0.1, 0.15) is 10.6 Å². The minimum absolute atomic E-state index is 0.114. The second-order valence-electron chi connectivity index (χ2n) is 6.27. The Kier molecular flexibility index (Phi) is 4.84. The summed E-state index contributed by atoms with van der Waals surface area (Å²) in [5.41, 5.74) is 2.80. The van der Waals surface area contributed by atoms with Crippen molar-refractivity contribution < 1.29 is 13.2 Å². The van der Waals surface area contributed by atoms with Crippen molar-refractivity contribution in [3.63, 3.8) is 0 Å². The van der Waals surface area contributed by atoms with Crippen molar-refractivity contribution in [2.75, 3.05) is 18.1 Å². The van der Waals surface area contributed by atoms with E-state index in [-0.39, 0.29) is 10.6 Å². The van der Waals surface area contributed by atoms with E-state index in [0.29, 0.717) is 28.9 Å². The second-order valence-corrected chi connectivity index (χ2v) is 9.65. The molecule has 0 aliphatic carbocycles. The molecule has 2 heterocycles. The Hall–Kier alpha value is -2.09. The van der Waals surface area contributed by atoms with Crippen molar-refractivity contribution in [2.45, 2.75) is 17.6 Å². The van der Waals surface area contributed by atoms with Crippen molar-refractivity contribution in [1.29, 1.82) is 0 Å². The fourth-order valence-electron chi connectivity index (χ4n) is 3.04. The van der Waals surface area contributed by atoms with E-state index in [4.69, 9.17) is 16.3 Å². The van der Waals surface area contributed by atoms with Gasteiger partial charge in [0.2, 0.25) is 0 Å². The van der Waals surface area contributed by atoms with Gasteiger partial charge in [0.05, 0.1) is 27.8 Å². The first kappa shape index (κ1) is 18.3. The molecular weight excluding hydrogens is 404 g/mol. The minimum atomic E-state index is -3.49. The first-order chi connectivity index (χ1) is 12.9. The lowest BCUT2D eigenvalue weighted by molar-refractivity contribution is 0.313. The SMILES string of the molecule is Cc1ccc(Cl)c(N2CCOc3cc(S(=O)(=O)Cc4nccs4)ccc32)c1. The fraction of sp³-hybridized carbons (Fsp3) is 0.211. The summed E-state index contributed by atoms with van der Waals surface area (Å²) >= 11 is 7.72. The summed E-state index contributed by atoms with van der Waals surface area (Å²) in [6.07, 6.45) is 1.61. The maximum absolute atomic E-state index is 12.7. The summed E-state index contributed by atoms with van der Waals surface area (Å²) in [6.45, 7) is 3.10. The molecule has 0 atom stereocenters. The summed E-state index contributed by atoms with van der Waals surface area (Å²) in [5, 5.41) is 2.99. The molecule has 0 fully saturated rings. The predicted octanol–water partition coefficient (Wildman–Crippen LogP) is 4.61. The number of benzene rings is 2. The van der Waals surface area contributed by atoms with Crippen LogP contribution in [0.4, 0.5) is 11.4 Å². The number of hydrogen-bond acceptors (Lipinski definition) is 6. The summed E-state index contributed by atoms with van der Waals surface area (Å²) in [7, 11) is -3.49. The highest BCUT2D eigenvalue weighted by atomic mass is 35.5. The monoisotopic (exact) mass is 420 g/mol. The molecule has 0 spiro atoms. The van der Waals surface area contributed by atoms with Gasteiger partial charge in [-0.1, -0.05) is 17.7 Å². The minimum Gasteiger partial charge on any atom is -0.489 e. The molecule has 4 rings (SSSR count). The van der Waals surface area contributed by atoms with Gasteiger partial charge in [-0.3, -0.25) is 0 Å². The highest BCUT2D eigenvalue weighted by molar-refractivity contribution is 7.90. The van der Waals surface area contributed by atoms with Gasteiger partial charge in [-0.05, 0) is 36.8 Å². The first-order valence-corrected chi connectivity index (χ1v) is 11.3. The molecule has 1 aliphatic rings. The van der Waals surface area contributed by atoms with Crippen molar-refractivity contribution in [2.24, 2.45) is 0 Å². The topological polar surface area (TPSA) is 59.5 Å². The standard InChI is InChI=1S/C19H17ClN2O3S2/c1-13-2-4-15(20)17(10-13)22-7-8-25-18-11-14(3-5-16(18)22)27(23,24)12-19-21-6-9-26-19/h2-6,9-11H,7-8,12H2,1H3. The van der Waals surface area contributed by atoms with E-state index in [1.165, 1.54) is 11.3 Å². The van der Waals surface area contributed by atoms with Gasteiger partial charge in [0, 0.05) is 17.6 Å². The molecule has 0 bridgehead atoms. The van der Waals surface area contributed by atoms with E-state index in [1.807, 2.05) is 25.1 Å². The molecule has 8 heteroatoms. The molecule has 0 radical (unpaired) electrons. The van der Waals surface area contributed by atoms with E-state index in [0.717, 1.165) is 16.9 Å². The molecule has 27 heavy (non-hydrogen) atoms. The van der Waals surface area contributed by atoms with E-state index < -0.39 is 9.84 Å². The molecule has 0 N–H and O–H groups in total. The van der Waals surface area contributed by atoms with Gasteiger partial charge in [-0.2, -0.15) is 0 Å². The normalized spacial score (nSPS) is 13.9. The lowest BCUT2D eigenvalue weighted by Gasteiger charge is -2.32. The number of thiazole rings is 1. The number of ether oxygens (including phenoxy) is 1. The lowest BCUT2D eigenvalue weighted by atomic mass is 10.1. The van der Waals surface area contributed by atoms with Crippen LogP contribution >= 0.6 is 22.9 Å². The van der Waals surface area contributed by atoms with Crippen LogP contribution in [0.25, 0.3) is 0 Å². The van der Waals surface area contributed by atoms with Crippen LogP contribution < -0.4 is 9.64 Å². The number of rotatable bonds is 4. The van der Waals surface area contributed by atoms with Crippen molar-refractivity contribution >= 4 is 44.1 Å². The maximum Gasteiger partial charge on any atom is 0.185 e. The maximum atomic E-state index is 12.7. The average molecular weight is 421 g/mol. The number of anilines is 2. The number of nitrogens with zero attached hydrogens (tertiary/aromatic N) is 2. The Balaban J connectivity index is 1.71. The van der Waals surface area contributed by atoms with Crippen LogP contribution in [0, 0.1) is 6.92 Å². The average Bonchev–Trinajstić information content (AvgIpc) is 3.15. The second kappa shape index (κ2) is 7.14. The zero-order valence-electron chi connectivity index (χ0n) is 14.6. The quantitative estimate of drug-likeness (QED) is 0.616. The van der Waals surface area contributed by atoms with E-state index in [1.54, 1.807) is 29.8 Å². The Morgan fingerprint density at radius 1 is 1.22 bits per heavy atom. The van der Waals surface area contributed by atoms with E-state index in [9.17, 15) is 8.42 Å². The van der Waals surface area contributed by atoms with Crippen LogP contribution in [0.15, 0.2) is 52.9 Å². The molecule has 3 aromatic rings. The fourth-order valence-corrected chi connectivity index (χ4v) is 5.53. The predicted molar refractivity (Wildman–Crippen MR) is 108 cm³/mol. The first-order valence-electron chi connectivity index (χ1n) is 8.36. The molecule has 2 aromatic carbocycles. The Labute approximate surface area is 167 Å².